The van der Waals surface area contributed by atoms with Crippen molar-refractivity contribution in [2.24, 2.45) is 0 Å². The zero-order valence-electron chi connectivity index (χ0n) is 10.7. The molecular weight excluding hydrogens is 228 g/mol. The Morgan fingerprint density at radius 1 is 1.17 bits per heavy atom. The number of hydrogen-bond acceptors (Lipinski definition) is 3. The van der Waals surface area contributed by atoms with Crippen LogP contribution in [0.4, 0.5) is 4.79 Å². The van der Waals surface area contributed by atoms with Crippen LogP contribution in [0.1, 0.15) is 20.8 Å². The van der Waals surface area contributed by atoms with Crippen molar-refractivity contribution in [2.45, 2.75) is 26.4 Å². The summed E-state index contributed by atoms with van der Waals surface area (Å²) < 4.78 is 10.3. The SMILES string of the molecule is CC(C)(C)OC(=O)Oc1[c]ccc2ccccc12. The van der Waals surface area contributed by atoms with Crippen LogP contribution in [0.3, 0.4) is 0 Å². The third-order valence-electron chi connectivity index (χ3n) is 2.26. The summed E-state index contributed by atoms with van der Waals surface area (Å²) in [6, 6.07) is 14.2. The van der Waals surface area contributed by atoms with Gasteiger partial charge in [0.2, 0.25) is 0 Å². The van der Waals surface area contributed by atoms with Gasteiger partial charge < -0.3 is 9.47 Å². The monoisotopic (exact) mass is 243 g/mol. The molecule has 2 aromatic rings. The molecule has 2 rings (SSSR count). The average Bonchev–Trinajstić information content (AvgIpc) is 2.27. The van der Waals surface area contributed by atoms with E-state index in [9.17, 15) is 4.79 Å². The lowest BCUT2D eigenvalue weighted by molar-refractivity contribution is 0.0209. The van der Waals surface area contributed by atoms with Crippen LogP contribution in [-0.2, 0) is 4.74 Å². The lowest BCUT2D eigenvalue weighted by atomic mass is 10.1. The molecule has 3 nitrogen and oxygen atoms in total. The smallest absolute Gasteiger partial charge is 0.428 e. The van der Waals surface area contributed by atoms with E-state index in [1.54, 1.807) is 26.8 Å². The first kappa shape index (κ1) is 12.4. The summed E-state index contributed by atoms with van der Waals surface area (Å²) in [4.78, 5) is 11.6. The lowest BCUT2D eigenvalue weighted by Crippen LogP contribution is -2.26. The van der Waals surface area contributed by atoms with Gasteiger partial charge in [-0.2, -0.15) is 0 Å². The normalized spacial score (nSPS) is 11.3. The number of ether oxygens (including phenoxy) is 2. The molecule has 0 heterocycles. The molecule has 1 radical (unpaired) electrons. The van der Waals surface area contributed by atoms with Crippen molar-refractivity contribution in [1.29, 1.82) is 0 Å². The summed E-state index contributed by atoms with van der Waals surface area (Å²) in [5.41, 5.74) is -0.568. The first-order valence-electron chi connectivity index (χ1n) is 5.76. The minimum atomic E-state index is -0.713. The Labute approximate surface area is 106 Å². The Morgan fingerprint density at radius 3 is 2.61 bits per heavy atom. The summed E-state index contributed by atoms with van der Waals surface area (Å²) in [5.74, 6) is 0.391. The van der Waals surface area contributed by atoms with Gasteiger partial charge >= 0.3 is 6.16 Å². The fourth-order valence-electron chi connectivity index (χ4n) is 1.57. The summed E-state index contributed by atoms with van der Waals surface area (Å²) in [6.07, 6.45) is -0.713. The van der Waals surface area contributed by atoms with Crippen molar-refractivity contribution in [2.75, 3.05) is 0 Å². The molecule has 0 unspecified atom stereocenters. The highest BCUT2D eigenvalue weighted by molar-refractivity contribution is 5.89. The van der Waals surface area contributed by atoms with Crippen LogP contribution in [0.15, 0.2) is 36.4 Å². The fourth-order valence-corrected chi connectivity index (χ4v) is 1.57. The molecule has 0 saturated heterocycles. The van der Waals surface area contributed by atoms with Crippen molar-refractivity contribution < 1.29 is 14.3 Å². The van der Waals surface area contributed by atoms with Crippen LogP contribution in [0.25, 0.3) is 10.8 Å². The van der Waals surface area contributed by atoms with Gasteiger partial charge in [0.05, 0.1) is 0 Å². The standard InChI is InChI=1S/C15H15O3/c1-15(2,3)18-14(16)17-13-10-6-8-11-7-4-5-9-12(11)13/h4-9H,1-3H3. The maximum atomic E-state index is 11.6. The lowest BCUT2D eigenvalue weighted by Gasteiger charge is -2.18. The van der Waals surface area contributed by atoms with E-state index in [4.69, 9.17) is 9.47 Å². The van der Waals surface area contributed by atoms with E-state index in [-0.39, 0.29) is 0 Å². The van der Waals surface area contributed by atoms with Gasteiger partial charge in [-0.3, -0.25) is 0 Å². The molecule has 0 aliphatic rings. The predicted molar refractivity (Wildman–Crippen MR) is 69.6 cm³/mol. The Morgan fingerprint density at radius 2 is 1.89 bits per heavy atom. The van der Waals surface area contributed by atoms with Gasteiger partial charge in [0.25, 0.3) is 0 Å². The van der Waals surface area contributed by atoms with E-state index in [0.717, 1.165) is 10.8 Å². The van der Waals surface area contributed by atoms with Gasteiger partial charge in [-0.1, -0.05) is 30.3 Å². The molecule has 0 aliphatic carbocycles. The number of rotatable bonds is 1. The zero-order chi connectivity index (χ0) is 13.2. The third kappa shape index (κ3) is 3.00. The molecule has 0 spiro atoms. The molecule has 0 fully saturated rings. The highest BCUT2D eigenvalue weighted by atomic mass is 16.7. The van der Waals surface area contributed by atoms with Crippen LogP contribution in [0.2, 0.25) is 0 Å². The van der Waals surface area contributed by atoms with Crippen LogP contribution >= 0.6 is 0 Å². The Kier molecular flexibility index (Phi) is 3.24. The number of carbonyl (C=O) groups is 1. The third-order valence-corrected chi connectivity index (χ3v) is 2.26. The maximum absolute atomic E-state index is 11.6. The number of hydrogen-bond donors (Lipinski definition) is 0. The summed E-state index contributed by atoms with van der Waals surface area (Å²) in [6.45, 7) is 5.38. The molecular formula is C15H15O3. The van der Waals surface area contributed by atoms with E-state index < -0.39 is 11.8 Å². The molecule has 0 saturated carbocycles. The quantitative estimate of drug-likeness (QED) is 0.562. The van der Waals surface area contributed by atoms with Gasteiger partial charge in [-0.05, 0) is 32.2 Å². The number of benzene rings is 2. The van der Waals surface area contributed by atoms with Crippen LogP contribution in [-0.4, -0.2) is 11.8 Å². The molecule has 2 aromatic carbocycles. The predicted octanol–water partition coefficient (Wildman–Crippen LogP) is 3.95. The van der Waals surface area contributed by atoms with Gasteiger partial charge in [-0.25, -0.2) is 4.79 Å². The van der Waals surface area contributed by atoms with Crippen LogP contribution in [0.5, 0.6) is 5.75 Å². The Hall–Kier alpha value is -2.03. The number of carbonyl (C=O) groups excluding carboxylic acids is 1. The Bertz CT molecular complexity index is 562. The first-order valence-corrected chi connectivity index (χ1v) is 5.76. The van der Waals surface area contributed by atoms with Crippen molar-refractivity contribution in [1.82, 2.24) is 0 Å². The first-order chi connectivity index (χ1) is 8.46. The maximum Gasteiger partial charge on any atom is 0.514 e. The van der Waals surface area contributed by atoms with Gasteiger partial charge in [-0.15, -0.1) is 0 Å². The minimum Gasteiger partial charge on any atom is -0.428 e. The van der Waals surface area contributed by atoms with E-state index in [2.05, 4.69) is 6.07 Å². The summed E-state index contributed by atoms with van der Waals surface area (Å²) >= 11 is 0. The molecule has 0 atom stereocenters. The van der Waals surface area contributed by atoms with E-state index in [1.807, 2.05) is 30.3 Å². The van der Waals surface area contributed by atoms with E-state index in [0.29, 0.717) is 5.75 Å². The topological polar surface area (TPSA) is 35.5 Å². The molecule has 18 heavy (non-hydrogen) atoms. The van der Waals surface area contributed by atoms with Crippen molar-refractivity contribution >= 4 is 16.9 Å². The van der Waals surface area contributed by atoms with Crippen LogP contribution in [0, 0.1) is 6.07 Å². The summed E-state index contributed by atoms with van der Waals surface area (Å²) in [5, 5.41) is 1.83. The molecule has 0 aliphatic heterocycles. The molecule has 93 valence electrons. The largest absolute Gasteiger partial charge is 0.514 e. The highest BCUT2D eigenvalue weighted by Crippen LogP contribution is 2.25. The fraction of sp³-hybridized carbons (Fsp3) is 0.267. The molecule has 0 N–H and O–H groups in total. The van der Waals surface area contributed by atoms with Crippen molar-refractivity contribution in [3.8, 4) is 5.75 Å². The van der Waals surface area contributed by atoms with E-state index in [1.165, 1.54) is 0 Å². The number of fused-ring (bicyclic) bond motifs is 1. The molecule has 0 aromatic heterocycles. The second-order valence-electron chi connectivity index (χ2n) is 4.96. The van der Waals surface area contributed by atoms with E-state index >= 15 is 0 Å². The van der Waals surface area contributed by atoms with Crippen LogP contribution < -0.4 is 4.74 Å². The molecule has 0 amide bonds. The average molecular weight is 243 g/mol. The zero-order valence-corrected chi connectivity index (χ0v) is 10.7. The van der Waals surface area contributed by atoms with Gasteiger partial charge in [0.1, 0.15) is 11.4 Å². The van der Waals surface area contributed by atoms with Gasteiger partial charge in [0.15, 0.2) is 0 Å². The Balaban J connectivity index is 2.24. The second-order valence-corrected chi connectivity index (χ2v) is 4.96. The molecule has 3 heteroatoms. The highest BCUT2D eigenvalue weighted by Gasteiger charge is 2.18. The van der Waals surface area contributed by atoms with Crippen molar-refractivity contribution in [3.05, 3.63) is 42.5 Å². The molecule has 0 bridgehead atoms. The van der Waals surface area contributed by atoms with Crippen molar-refractivity contribution in [3.63, 3.8) is 0 Å². The summed E-state index contributed by atoms with van der Waals surface area (Å²) in [7, 11) is 0. The van der Waals surface area contributed by atoms with Gasteiger partial charge in [0, 0.05) is 11.5 Å². The second kappa shape index (κ2) is 4.69. The minimum absolute atomic E-state index is 0.391.